The second-order valence-electron chi connectivity index (χ2n) is 6.06. The van der Waals surface area contributed by atoms with Crippen molar-refractivity contribution in [3.8, 4) is 0 Å². The molecule has 0 radical (unpaired) electrons. The van der Waals surface area contributed by atoms with Crippen LogP contribution in [0.2, 0.25) is 0 Å². The number of para-hydroxylation sites is 1. The summed E-state index contributed by atoms with van der Waals surface area (Å²) in [5.41, 5.74) is 6.14. The number of carboxylic acids is 1. The summed E-state index contributed by atoms with van der Waals surface area (Å²) in [5.74, 6) is -1.32. The van der Waals surface area contributed by atoms with E-state index in [1.807, 2.05) is 49.4 Å². The van der Waals surface area contributed by atoms with E-state index < -0.39 is 11.2 Å². The Balaban J connectivity index is 1.84. The van der Waals surface area contributed by atoms with Crippen LogP contribution in [0.5, 0.6) is 0 Å². The van der Waals surface area contributed by atoms with Crippen molar-refractivity contribution in [2.24, 2.45) is 5.10 Å². The SMILES string of the molecule is C=C(NN=C1SC(CC(=O)O)C(=O)N1c1ccccc1)c1ccc(C)cc1. The highest BCUT2D eigenvalue weighted by Gasteiger charge is 2.40. The van der Waals surface area contributed by atoms with E-state index in [-0.39, 0.29) is 12.3 Å². The number of hydrogen-bond donors (Lipinski definition) is 2. The van der Waals surface area contributed by atoms with Crippen LogP contribution in [-0.4, -0.2) is 27.4 Å². The van der Waals surface area contributed by atoms with Gasteiger partial charge in [0.25, 0.3) is 0 Å². The fourth-order valence-corrected chi connectivity index (χ4v) is 3.67. The third-order valence-corrected chi connectivity index (χ3v) is 5.13. The number of benzene rings is 2. The van der Waals surface area contributed by atoms with E-state index in [2.05, 4.69) is 17.1 Å². The fourth-order valence-electron chi connectivity index (χ4n) is 2.58. The molecule has 1 unspecified atom stereocenters. The monoisotopic (exact) mass is 381 g/mol. The maximum Gasteiger partial charge on any atom is 0.305 e. The van der Waals surface area contributed by atoms with Gasteiger partial charge in [-0.1, -0.05) is 66.4 Å². The number of aliphatic carboxylic acids is 1. The molecule has 27 heavy (non-hydrogen) atoms. The first-order valence-electron chi connectivity index (χ1n) is 8.33. The van der Waals surface area contributed by atoms with E-state index in [0.717, 1.165) is 22.9 Å². The lowest BCUT2D eigenvalue weighted by atomic mass is 10.1. The molecule has 1 atom stereocenters. The molecule has 0 aliphatic carbocycles. The molecule has 1 aliphatic heterocycles. The zero-order chi connectivity index (χ0) is 19.4. The van der Waals surface area contributed by atoms with Crippen LogP contribution in [0.25, 0.3) is 5.70 Å². The van der Waals surface area contributed by atoms with Gasteiger partial charge < -0.3 is 5.11 Å². The molecule has 0 aromatic heterocycles. The summed E-state index contributed by atoms with van der Waals surface area (Å²) >= 11 is 1.13. The zero-order valence-corrected chi connectivity index (χ0v) is 15.6. The number of carbonyl (C=O) groups is 2. The number of anilines is 1. The molecule has 1 heterocycles. The lowest BCUT2D eigenvalue weighted by Crippen LogP contribution is -2.33. The van der Waals surface area contributed by atoms with Gasteiger partial charge in [-0.05, 0) is 24.6 Å². The molecule has 0 bridgehead atoms. The number of nitrogens with zero attached hydrogens (tertiary/aromatic N) is 2. The lowest BCUT2D eigenvalue weighted by molar-refractivity contribution is -0.138. The van der Waals surface area contributed by atoms with Crippen LogP contribution in [-0.2, 0) is 9.59 Å². The van der Waals surface area contributed by atoms with Gasteiger partial charge in [0.1, 0.15) is 5.25 Å². The highest BCUT2D eigenvalue weighted by molar-refractivity contribution is 8.16. The van der Waals surface area contributed by atoms with Gasteiger partial charge >= 0.3 is 5.97 Å². The normalized spacial score (nSPS) is 18.0. The average molecular weight is 381 g/mol. The molecule has 1 amide bonds. The number of aryl methyl sites for hydroxylation is 1. The minimum Gasteiger partial charge on any atom is -0.481 e. The summed E-state index contributed by atoms with van der Waals surface area (Å²) < 4.78 is 0. The average Bonchev–Trinajstić information content (AvgIpc) is 2.96. The van der Waals surface area contributed by atoms with Crippen LogP contribution in [0.15, 0.2) is 66.3 Å². The van der Waals surface area contributed by atoms with Gasteiger partial charge in [-0.25, -0.2) is 0 Å². The van der Waals surface area contributed by atoms with Crippen LogP contribution in [0, 0.1) is 6.92 Å². The van der Waals surface area contributed by atoms with Gasteiger partial charge in [-0.15, -0.1) is 5.10 Å². The zero-order valence-electron chi connectivity index (χ0n) is 14.8. The van der Waals surface area contributed by atoms with Crippen molar-refractivity contribution in [3.63, 3.8) is 0 Å². The van der Waals surface area contributed by atoms with Crippen molar-refractivity contribution in [3.05, 3.63) is 72.3 Å². The maximum atomic E-state index is 12.7. The van der Waals surface area contributed by atoms with Crippen molar-refractivity contribution in [1.82, 2.24) is 5.43 Å². The van der Waals surface area contributed by atoms with E-state index in [4.69, 9.17) is 5.11 Å². The van der Waals surface area contributed by atoms with Crippen molar-refractivity contribution >= 4 is 40.2 Å². The molecule has 7 heteroatoms. The predicted octanol–water partition coefficient (Wildman–Crippen LogP) is 3.45. The van der Waals surface area contributed by atoms with E-state index >= 15 is 0 Å². The molecule has 0 saturated carbocycles. The Kier molecular flexibility index (Phi) is 5.61. The van der Waals surface area contributed by atoms with E-state index in [0.29, 0.717) is 16.6 Å². The van der Waals surface area contributed by atoms with E-state index in [1.165, 1.54) is 4.90 Å². The molecule has 2 N–H and O–H groups in total. The summed E-state index contributed by atoms with van der Waals surface area (Å²) in [5, 5.41) is 13.1. The Labute approximate surface area is 161 Å². The fraction of sp³-hybridized carbons (Fsp3) is 0.150. The Bertz CT molecular complexity index is 894. The number of hydrazone groups is 1. The highest BCUT2D eigenvalue weighted by atomic mass is 32.2. The summed E-state index contributed by atoms with van der Waals surface area (Å²) in [7, 11) is 0. The third kappa shape index (κ3) is 4.38. The van der Waals surface area contributed by atoms with Crippen LogP contribution in [0.4, 0.5) is 5.69 Å². The van der Waals surface area contributed by atoms with Crippen LogP contribution in [0.3, 0.4) is 0 Å². The van der Waals surface area contributed by atoms with Gasteiger partial charge in [-0.2, -0.15) is 0 Å². The van der Waals surface area contributed by atoms with E-state index in [1.54, 1.807) is 12.1 Å². The van der Waals surface area contributed by atoms with Crippen molar-refractivity contribution in [2.75, 3.05) is 4.90 Å². The third-order valence-electron chi connectivity index (χ3n) is 4.00. The van der Waals surface area contributed by atoms with Crippen molar-refractivity contribution in [1.29, 1.82) is 0 Å². The predicted molar refractivity (Wildman–Crippen MR) is 108 cm³/mol. The van der Waals surface area contributed by atoms with Gasteiger partial charge in [0, 0.05) is 0 Å². The molecular formula is C20H19N3O3S. The summed E-state index contributed by atoms with van der Waals surface area (Å²) in [6.45, 7) is 5.98. The van der Waals surface area contributed by atoms with Gasteiger partial charge in [0.05, 0.1) is 17.8 Å². The molecular weight excluding hydrogens is 362 g/mol. The first-order chi connectivity index (χ1) is 13.0. The first-order valence-corrected chi connectivity index (χ1v) is 9.21. The van der Waals surface area contributed by atoms with Crippen LogP contribution >= 0.6 is 11.8 Å². The van der Waals surface area contributed by atoms with Crippen molar-refractivity contribution in [2.45, 2.75) is 18.6 Å². The lowest BCUT2D eigenvalue weighted by Gasteiger charge is -2.16. The topological polar surface area (TPSA) is 82.0 Å². The number of nitrogens with one attached hydrogen (secondary N) is 1. The maximum absolute atomic E-state index is 12.7. The molecule has 1 saturated heterocycles. The number of amidine groups is 1. The number of amides is 1. The van der Waals surface area contributed by atoms with Crippen molar-refractivity contribution < 1.29 is 14.7 Å². The Morgan fingerprint density at radius 1 is 1.22 bits per heavy atom. The number of rotatable bonds is 6. The molecule has 1 fully saturated rings. The first kappa shape index (κ1) is 18.7. The smallest absolute Gasteiger partial charge is 0.305 e. The molecule has 3 rings (SSSR count). The molecule has 0 spiro atoms. The summed E-state index contributed by atoms with van der Waals surface area (Å²) in [4.78, 5) is 25.2. The summed E-state index contributed by atoms with van der Waals surface area (Å²) in [6, 6.07) is 16.9. The van der Waals surface area contributed by atoms with Crippen LogP contribution in [0.1, 0.15) is 17.5 Å². The van der Waals surface area contributed by atoms with Gasteiger partial charge in [0.15, 0.2) is 5.17 Å². The molecule has 6 nitrogen and oxygen atoms in total. The number of hydrogen-bond acceptors (Lipinski definition) is 5. The minimum atomic E-state index is -1.02. The molecule has 138 valence electrons. The quantitative estimate of drug-likeness (QED) is 0.749. The summed E-state index contributed by atoms with van der Waals surface area (Å²) in [6.07, 6.45) is -0.259. The molecule has 1 aliphatic rings. The number of carbonyl (C=O) groups excluding carboxylic acids is 1. The Morgan fingerprint density at radius 3 is 2.52 bits per heavy atom. The second-order valence-corrected chi connectivity index (χ2v) is 7.23. The molecule has 2 aromatic rings. The van der Waals surface area contributed by atoms with Gasteiger partial charge in [0.2, 0.25) is 5.91 Å². The Morgan fingerprint density at radius 2 is 1.89 bits per heavy atom. The molecule has 2 aromatic carbocycles. The number of carboxylic acid groups (broad SMARTS) is 1. The Hall–Kier alpha value is -3.06. The number of thioether (sulfide) groups is 1. The highest BCUT2D eigenvalue weighted by Crippen LogP contribution is 2.33. The van der Waals surface area contributed by atoms with Crippen LogP contribution < -0.4 is 10.3 Å². The van der Waals surface area contributed by atoms with Gasteiger partial charge in [-0.3, -0.25) is 19.9 Å². The standard InChI is InChI=1S/C20H19N3O3S/c1-13-8-10-15(11-9-13)14(2)21-22-20-23(16-6-4-3-5-7-16)19(26)17(27-20)12-18(24)25/h3-11,17,21H,2,12H2,1H3,(H,24,25). The second kappa shape index (κ2) is 8.09. The largest absolute Gasteiger partial charge is 0.481 e. The minimum absolute atomic E-state index is 0.259. The van der Waals surface area contributed by atoms with E-state index in [9.17, 15) is 9.59 Å².